The molecule has 0 fully saturated rings. The van der Waals surface area contributed by atoms with Crippen molar-refractivity contribution < 1.29 is 9.18 Å². The minimum Gasteiger partial charge on any atom is -0.337 e. The summed E-state index contributed by atoms with van der Waals surface area (Å²) in [6, 6.07) is 4.67. The highest BCUT2D eigenvalue weighted by atomic mass is 79.9. The van der Waals surface area contributed by atoms with Crippen LogP contribution in [-0.4, -0.2) is 37.6 Å². The van der Waals surface area contributed by atoms with Crippen LogP contribution in [0.5, 0.6) is 0 Å². The van der Waals surface area contributed by atoms with Crippen molar-refractivity contribution in [3.05, 3.63) is 40.4 Å². The number of carbonyl (C=O) groups is 1. The van der Waals surface area contributed by atoms with Gasteiger partial charge in [-0.25, -0.2) is 9.07 Å². The largest absolute Gasteiger partial charge is 0.337 e. The molecule has 1 heterocycles. The number of halogens is 2. The van der Waals surface area contributed by atoms with Crippen molar-refractivity contribution in [2.45, 2.75) is 20.0 Å². The molecule has 2 rings (SSSR count). The van der Waals surface area contributed by atoms with Crippen LogP contribution >= 0.6 is 15.9 Å². The summed E-state index contributed by atoms with van der Waals surface area (Å²) in [5.41, 5.74) is 0.464. The van der Waals surface area contributed by atoms with Gasteiger partial charge >= 0.3 is 0 Å². The summed E-state index contributed by atoms with van der Waals surface area (Å²) in [4.78, 5) is 13.7. The van der Waals surface area contributed by atoms with Crippen LogP contribution in [0.15, 0.2) is 29.0 Å². The summed E-state index contributed by atoms with van der Waals surface area (Å²) in [5.74, 6) is -0.499. The maximum Gasteiger partial charge on any atom is 0.244 e. The number of tetrazole rings is 1. The van der Waals surface area contributed by atoms with Crippen molar-refractivity contribution >= 4 is 21.8 Å². The summed E-state index contributed by atoms with van der Waals surface area (Å²) in [6.45, 7) is 2.57. The summed E-state index contributed by atoms with van der Waals surface area (Å²) < 4.78 is 15.8. The van der Waals surface area contributed by atoms with E-state index in [0.29, 0.717) is 12.1 Å². The summed E-state index contributed by atoms with van der Waals surface area (Å²) >= 11 is 3.29. The van der Waals surface area contributed by atoms with Crippen molar-refractivity contribution in [1.29, 1.82) is 0 Å². The van der Waals surface area contributed by atoms with Gasteiger partial charge in [-0.15, -0.1) is 5.10 Å². The van der Waals surface area contributed by atoms with Crippen LogP contribution in [0.25, 0.3) is 0 Å². The molecule has 0 atom stereocenters. The van der Waals surface area contributed by atoms with Crippen LogP contribution in [0.3, 0.4) is 0 Å². The molecule has 20 heavy (non-hydrogen) atoms. The lowest BCUT2D eigenvalue weighted by Gasteiger charge is -2.21. The molecule has 1 aromatic heterocycles. The number of nitrogens with zero attached hydrogens (tertiary/aromatic N) is 5. The van der Waals surface area contributed by atoms with E-state index >= 15 is 0 Å². The Balaban J connectivity index is 2.08. The van der Waals surface area contributed by atoms with Crippen LogP contribution < -0.4 is 0 Å². The summed E-state index contributed by atoms with van der Waals surface area (Å²) in [7, 11) is 0. The Hall–Kier alpha value is -1.83. The van der Waals surface area contributed by atoms with Gasteiger partial charge in [-0.3, -0.25) is 4.79 Å². The molecule has 0 radical (unpaired) electrons. The average Bonchev–Trinajstić information content (AvgIpc) is 2.92. The third-order valence-corrected chi connectivity index (χ3v) is 3.29. The van der Waals surface area contributed by atoms with Crippen LogP contribution in [0.2, 0.25) is 0 Å². The second-order valence-corrected chi connectivity index (χ2v) is 5.07. The molecule has 0 N–H and O–H groups in total. The molecule has 8 heteroatoms. The van der Waals surface area contributed by atoms with Crippen molar-refractivity contribution in [3.63, 3.8) is 0 Å². The lowest BCUT2D eigenvalue weighted by molar-refractivity contribution is -0.132. The highest BCUT2D eigenvalue weighted by Gasteiger charge is 2.15. The molecule has 0 aliphatic carbocycles. The van der Waals surface area contributed by atoms with Crippen LogP contribution in [0, 0.1) is 5.82 Å². The number of carbonyl (C=O) groups excluding carboxylic acids is 1. The van der Waals surface area contributed by atoms with E-state index in [1.54, 1.807) is 17.0 Å². The molecule has 0 saturated heterocycles. The molecule has 0 bridgehead atoms. The third kappa shape index (κ3) is 3.60. The maximum atomic E-state index is 13.7. The van der Waals surface area contributed by atoms with Gasteiger partial charge in [0.15, 0.2) is 0 Å². The van der Waals surface area contributed by atoms with Gasteiger partial charge in [0.25, 0.3) is 0 Å². The smallest absolute Gasteiger partial charge is 0.244 e. The molecule has 1 aromatic carbocycles. The van der Waals surface area contributed by atoms with E-state index in [9.17, 15) is 9.18 Å². The number of rotatable bonds is 5. The second kappa shape index (κ2) is 6.56. The molecule has 0 unspecified atom stereocenters. The van der Waals surface area contributed by atoms with E-state index in [4.69, 9.17) is 0 Å². The first-order valence-electron chi connectivity index (χ1n) is 6.02. The van der Waals surface area contributed by atoms with E-state index in [-0.39, 0.29) is 24.8 Å². The normalized spacial score (nSPS) is 10.6. The predicted octanol–water partition coefficient (Wildman–Crippen LogP) is 1.62. The Labute approximate surface area is 123 Å². The quantitative estimate of drug-likeness (QED) is 0.828. The number of benzene rings is 1. The highest BCUT2D eigenvalue weighted by Crippen LogP contribution is 2.17. The SMILES string of the molecule is CCN(Cc1cc(Br)ccc1F)C(=O)Cn1cnnn1. The Kier molecular flexibility index (Phi) is 4.78. The van der Waals surface area contributed by atoms with E-state index in [0.717, 1.165) is 4.47 Å². The Morgan fingerprint density at radius 1 is 1.50 bits per heavy atom. The van der Waals surface area contributed by atoms with Gasteiger partial charge in [0, 0.05) is 23.1 Å². The van der Waals surface area contributed by atoms with Gasteiger partial charge < -0.3 is 4.90 Å². The topological polar surface area (TPSA) is 63.9 Å². The highest BCUT2D eigenvalue weighted by molar-refractivity contribution is 9.10. The monoisotopic (exact) mass is 341 g/mol. The fraction of sp³-hybridized carbons (Fsp3) is 0.333. The third-order valence-electron chi connectivity index (χ3n) is 2.79. The predicted molar refractivity (Wildman–Crippen MR) is 73.0 cm³/mol. The molecule has 0 aliphatic rings. The van der Waals surface area contributed by atoms with Crippen molar-refractivity contribution in [2.75, 3.05) is 6.54 Å². The van der Waals surface area contributed by atoms with Gasteiger partial charge in [0.1, 0.15) is 18.7 Å². The number of likely N-dealkylation sites (N-methyl/N-ethyl adjacent to an activating group) is 1. The average molecular weight is 342 g/mol. The molecule has 0 aliphatic heterocycles. The van der Waals surface area contributed by atoms with Gasteiger partial charge in [0.2, 0.25) is 5.91 Å². The zero-order valence-electron chi connectivity index (χ0n) is 10.8. The van der Waals surface area contributed by atoms with Gasteiger partial charge in [-0.05, 0) is 35.5 Å². The lowest BCUT2D eigenvalue weighted by Crippen LogP contribution is -2.33. The first kappa shape index (κ1) is 14.6. The van der Waals surface area contributed by atoms with E-state index in [1.807, 2.05) is 6.92 Å². The molecular weight excluding hydrogens is 329 g/mol. The van der Waals surface area contributed by atoms with Crippen molar-refractivity contribution in [2.24, 2.45) is 0 Å². The first-order valence-corrected chi connectivity index (χ1v) is 6.82. The fourth-order valence-electron chi connectivity index (χ4n) is 1.74. The van der Waals surface area contributed by atoms with Gasteiger partial charge in [-0.2, -0.15) is 0 Å². The van der Waals surface area contributed by atoms with Crippen LogP contribution in [0.4, 0.5) is 4.39 Å². The molecular formula is C12H13BrFN5O. The zero-order chi connectivity index (χ0) is 14.5. The lowest BCUT2D eigenvalue weighted by atomic mass is 10.2. The first-order chi connectivity index (χ1) is 9.60. The molecule has 0 spiro atoms. The van der Waals surface area contributed by atoms with Crippen molar-refractivity contribution in [1.82, 2.24) is 25.1 Å². The number of hydrogen-bond acceptors (Lipinski definition) is 4. The number of aromatic nitrogens is 4. The Morgan fingerprint density at radius 3 is 2.95 bits per heavy atom. The fourth-order valence-corrected chi connectivity index (χ4v) is 2.15. The molecule has 1 amide bonds. The molecule has 6 nitrogen and oxygen atoms in total. The zero-order valence-corrected chi connectivity index (χ0v) is 12.4. The minimum atomic E-state index is -0.332. The van der Waals surface area contributed by atoms with Crippen molar-refractivity contribution in [3.8, 4) is 0 Å². The summed E-state index contributed by atoms with van der Waals surface area (Å²) in [5, 5.41) is 10.6. The number of hydrogen-bond donors (Lipinski definition) is 0. The molecule has 2 aromatic rings. The second-order valence-electron chi connectivity index (χ2n) is 4.15. The van der Waals surface area contributed by atoms with Gasteiger partial charge in [-0.1, -0.05) is 15.9 Å². The standard InChI is InChI=1S/C12H13BrFN5O/c1-2-18(12(20)7-19-8-15-16-17-19)6-9-5-10(13)3-4-11(9)14/h3-5,8H,2,6-7H2,1H3. The molecule has 106 valence electrons. The maximum absolute atomic E-state index is 13.7. The van der Waals surface area contributed by atoms with Crippen LogP contribution in [0.1, 0.15) is 12.5 Å². The van der Waals surface area contributed by atoms with E-state index < -0.39 is 0 Å². The van der Waals surface area contributed by atoms with E-state index in [1.165, 1.54) is 17.1 Å². The summed E-state index contributed by atoms with van der Waals surface area (Å²) in [6.07, 6.45) is 1.37. The molecule has 0 saturated carbocycles. The van der Waals surface area contributed by atoms with Crippen LogP contribution in [-0.2, 0) is 17.9 Å². The Bertz CT molecular complexity index is 590. The van der Waals surface area contributed by atoms with Gasteiger partial charge in [0.05, 0.1) is 0 Å². The number of amides is 1. The minimum absolute atomic E-state index is 0.0382. The Morgan fingerprint density at radius 2 is 2.30 bits per heavy atom. The van der Waals surface area contributed by atoms with E-state index in [2.05, 4.69) is 31.5 Å².